The van der Waals surface area contributed by atoms with Gasteiger partial charge in [-0.3, -0.25) is 14.8 Å². The lowest BCUT2D eigenvalue weighted by Crippen LogP contribution is -2.09. The summed E-state index contributed by atoms with van der Waals surface area (Å²) in [6.45, 7) is 0.371. The van der Waals surface area contributed by atoms with Crippen LogP contribution in [-0.4, -0.2) is 27.8 Å². The van der Waals surface area contributed by atoms with E-state index in [2.05, 4.69) is 5.10 Å². The van der Waals surface area contributed by atoms with Crippen molar-refractivity contribution in [3.8, 4) is 11.5 Å². The lowest BCUT2D eigenvalue weighted by molar-refractivity contribution is -0.385. The molecule has 1 aromatic heterocycles. The summed E-state index contributed by atoms with van der Waals surface area (Å²) in [6, 6.07) is 11.2. The highest BCUT2D eigenvalue weighted by Gasteiger charge is 2.21. The Morgan fingerprint density at radius 2 is 2.07 bits per heavy atom. The standard InChI is InChI=1S/C18H14ClN3O5/c1-26-14-6-7-17(16(8-14)22(24)25)27-18(23)13-9-20-21(11-13)10-12-4-2-3-5-15(12)19/h2-9,11H,10H2,1H3. The number of nitro benzene ring substituents is 1. The maximum atomic E-state index is 12.3. The van der Waals surface area contributed by atoms with Gasteiger partial charge in [0.05, 0.1) is 36.4 Å². The van der Waals surface area contributed by atoms with Crippen LogP contribution in [0.15, 0.2) is 54.9 Å². The topological polar surface area (TPSA) is 96.5 Å². The van der Waals surface area contributed by atoms with Crippen molar-refractivity contribution < 1.29 is 19.2 Å². The van der Waals surface area contributed by atoms with Crippen molar-refractivity contribution in [2.24, 2.45) is 0 Å². The van der Waals surface area contributed by atoms with Gasteiger partial charge in [0.1, 0.15) is 5.75 Å². The molecule has 0 saturated heterocycles. The number of benzene rings is 2. The van der Waals surface area contributed by atoms with Gasteiger partial charge in [0.25, 0.3) is 0 Å². The number of ether oxygens (including phenoxy) is 2. The minimum atomic E-state index is -0.756. The molecule has 0 fully saturated rings. The van der Waals surface area contributed by atoms with E-state index in [0.717, 1.165) is 5.56 Å². The molecular formula is C18H14ClN3O5. The number of esters is 1. The molecule has 2 aromatic carbocycles. The van der Waals surface area contributed by atoms with Crippen molar-refractivity contribution in [3.05, 3.63) is 81.1 Å². The predicted molar refractivity (Wildman–Crippen MR) is 97.4 cm³/mol. The van der Waals surface area contributed by atoms with Crippen LogP contribution in [-0.2, 0) is 6.54 Å². The molecule has 0 saturated carbocycles. The van der Waals surface area contributed by atoms with Crippen LogP contribution >= 0.6 is 11.6 Å². The maximum Gasteiger partial charge on any atom is 0.346 e. The Labute approximate surface area is 159 Å². The second-order valence-electron chi connectivity index (χ2n) is 5.50. The fraction of sp³-hybridized carbons (Fsp3) is 0.111. The van der Waals surface area contributed by atoms with E-state index in [9.17, 15) is 14.9 Å². The number of methoxy groups -OCH3 is 1. The van der Waals surface area contributed by atoms with E-state index < -0.39 is 10.9 Å². The quantitative estimate of drug-likeness (QED) is 0.277. The van der Waals surface area contributed by atoms with E-state index in [0.29, 0.717) is 11.6 Å². The fourth-order valence-corrected chi connectivity index (χ4v) is 2.56. The van der Waals surface area contributed by atoms with Gasteiger partial charge in [0.15, 0.2) is 0 Å². The van der Waals surface area contributed by atoms with Crippen LogP contribution in [0.4, 0.5) is 5.69 Å². The van der Waals surface area contributed by atoms with Crippen molar-refractivity contribution in [3.63, 3.8) is 0 Å². The molecule has 3 aromatic rings. The molecule has 138 valence electrons. The second-order valence-corrected chi connectivity index (χ2v) is 5.91. The highest BCUT2D eigenvalue weighted by Crippen LogP contribution is 2.31. The average molecular weight is 388 g/mol. The molecular weight excluding hydrogens is 374 g/mol. The summed E-state index contributed by atoms with van der Waals surface area (Å²) >= 11 is 6.12. The highest BCUT2D eigenvalue weighted by atomic mass is 35.5. The number of nitro groups is 1. The first-order valence-electron chi connectivity index (χ1n) is 7.78. The van der Waals surface area contributed by atoms with Crippen LogP contribution < -0.4 is 9.47 Å². The van der Waals surface area contributed by atoms with Gasteiger partial charge in [-0.25, -0.2) is 4.79 Å². The van der Waals surface area contributed by atoms with Gasteiger partial charge in [0, 0.05) is 11.2 Å². The Kier molecular flexibility index (Phi) is 5.37. The first-order valence-corrected chi connectivity index (χ1v) is 8.16. The van der Waals surface area contributed by atoms with E-state index in [1.165, 1.54) is 42.4 Å². The summed E-state index contributed by atoms with van der Waals surface area (Å²) in [7, 11) is 1.39. The molecule has 3 rings (SSSR count). The van der Waals surface area contributed by atoms with Crippen LogP contribution in [0.2, 0.25) is 5.02 Å². The summed E-state index contributed by atoms with van der Waals surface area (Å²) in [5, 5.41) is 15.9. The third-order valence-corrected chi connectivity index (χ3v) is 4.09. The van der Waals surface area contributed by atoms with E-state index in [-0.39, 0.29) is 22.7 Å². The van der Waals surface area contributed by atoms with Gasteiger partial charge in [-0.1, -0.05) is 29.8 Å². The average Bonchev–Trinajstić information content (AvgIpc) is 3.12. The van der Waals surface area contributed by atoms with Gasteiger partial charge in [-0.2, -0.15) is 5.10 Å². The molecule has 0 unspecified atom stereocenters. The molecule has 0 aliphatic rings. The monoisotopic (exact) mass is 387 g/mol. The zero-order chi connectivity index (χ0) is 19.4. The molecule has 0 spiro atoms. The third-order valence-electron chi connectivity index (χ3n) is 3.72. The molecule has 0 aliphatic heterocycles. The van der Waals surface area contributed by atoms with Gasteiger partial charge >= 0.3 is 11.7 Å². The first-order chi connectivity index (χ1) is 13.0. The molecule has 0 atom stereocenters. The molecule has 0 radical (unpaired) electrons. The van der Waals surface area contributed by atoms with Gasteiger partial charge < -0.3 is 9.47 Å². The van der Waals surface area contributed by atoms with Crippen LogP contribution in [0.25, 0.3) is 0 Å². The minimum Gasteiger partial charge on any atom is -0.496 e. The number of carbonyl (C=O) groups is 1. The smallest absolute Gasteiger partial charge is 0.346 e. The summed E-state index contributed by atoms with van der Waals surface area (Å²) in [5.74, 6) is -0.646. The second kappa shape index (κ2) is 7.88. The maximum absolute atomic E-state index is 12.3. The number of halogens is 1. The normalized spacial score (nSPS) is 10.4. The van der Waals surface area contributed by atoms with Crippen LogP contribution in [0.3, 0.4) is 0 Å². The molecule has 0 aliphatic carbocycles. The van der Waals surface area contributed by atoms with Gasteiger partial charge in [0.2, 0.25) is 5.75 Å². The molecule has 0 N–H and O–H groups in total. The fourth-order valence-electron chi connectivity index (χ4n) is 2.37. The lowest BCUT2D eigenvalue weighted by Gasteiger charge is -2.06. The zero-order valence-corrected chi connectivity index (χ0v) is 14.9. The Balaban J connectivity index is 1.77. The molecule has 27 heavy (non-hydrogen) atoms. The highest BCUT2D eigenvalue weighted by molar-refractivity contribution is 6.31. The molecule has 9 heteroatoms. The number of aromatic nitrogens is 2. The van der Waals surface area contributed by atoms with Crippen molar-refractivity contribution in [2.45, 2.75) is 6.54 Å². The van der Waals surface area contributed by atoms with Gasteiger partial charge in [-0.05, 0) is 23.8 Å². The van der Waals surface area contributed by atoms with Crippen molar-refractivity contribution in [1.82, 2.24) is 9.78 Å². The minimum absolute atomic E-state index is 0.159. The van der Waals surface area contributed by atoms with E-state index >= 15 is 0 Å². The van der Waals surface area contributed by atoms with E-state index in [4.69, 9.17) is 21.1 Å². The van der Waals surface area contributed by atoms with Crippen LogP contribution in [0.5, 0.6) is 11.5 Å². The number of nitrogens with zero attached hydrogens (tertiary/aromatic N) is 3. The number of rotatable bonds is 6. The molecule has 0 amide bonds. The molecule has 1 heterocycles. The Hall–Kier alpha value is -3.39. The summed E-state index contributed by atoms with van der Waals surface area (Å²) in [6.07, 6.45) is 2.82. The number of hydrogen-bond donors (Lipinski definition) is 0. The Morgan fingerprint density at radius 3 is 2.78 bits per heavy atom. The lowest BCUT2D eigenvalue weighted by atomic mass is 10.2. The van der Waals surface area contributed by atoms with Crippen LogP contribution in [0, 0.1) is 10.1 Å². The summed E-state index contributed by atoms with van der Waals surface area (Å²) < 4.78 is 11.6. The Bertz CT molecular complexity index is 1000. The predicted octanol–water partition coefficient (Wildman–Crippen LogP) is 3.72. The van der Waals surface area contributed by atoms with Crippen LogP contribution in [0.1, 0.15) is 15.9 Å². The summed E-state index contributed by atoms with van der Waals surface area (Å²) in [4.78, 5) is 22.9. The zero-order valence-electron chi connectivity index (χ0n) is 14.2. The molecule has 8 nitrogen and oxygen atoms in total. The first kappa shape index (κ1) is 18.4. The van der Waals surface area contributed by atoms with Crippen molar-refractivity contribution >= 4 is 23.3 Å². The largest absolute Gasteiger partial charge is 0.496 e. The van der Waals surface area contributed by atoms with E-state index in [1.54, 1.807) is 6.07 Å². The summed E-state index contributed by atoms with van der Waals surface area (Å²) in [5.41, 5.74) is 0.631. The number of carbonyl (C=O) groups excluding carboxylic acids is 1. The van der Waals surface area contributed by atoms with Crippen molar-refractivity contribution in [2.75, 3.05) is 7.11 Å². The molecule has 0 bridgehead atoms. The Morgan fingerprint density at radius 1 is 1.30 bits per heavy atom. The number of hydrogen-bond acceptors (Lipinski definition) is 6. The van der Waals surface area contributed by atoms with Crippen molar-refractivity contribution in [1.29, 1.82) is 0 Å². The SMILES string of the molecule is COc1ccc(OC(=O)c2cnn(Cc3ccccc3Cl)c2)c([N+](=O)[O-])c1. The van der Waals surface area contributed by atoms with E-state index in [1.807, 2.05) is 18.2 Å². The third kappa shape index (κ3) is 4.24. The van der Waals surface area contributed by atoms with Gasteiger partial charge in [-0.15, -0.1) is 0 Å².